The van der Waals surface area contributed by atoms with E-state index < -0.39 is 0 Å². The van der Waals surface area contributed by atoms with Gasteiger partial charge in [0.05, 0.1) is 18.6 Å². The van der Waals surface area contributed by atoms with Crippen LogP contribution in [0.3, 0.4) is 0 Å². The normalized spacial score (nSPS) is 20.2. The first kappa shape index (κ1) is 15.2. The molecule has 0 spiro atoms. The molecule has 0 aliphatic carbocycles. The maximum Gasteiger partial charge on any atom is 0.318 e. The Balaban J connectivity index is 1.78. The molecule has 0 amide bonds. The van der Waals surface area contributed by atoms with Crippen LogP contribution < -0.4 is 4.74 Å². The van der Waals surface area contributed by atoms with E-state index in [2.05, 4.69) is 28.8 Å². The number of aromatic nitrogens is 4. The van der Waals surface area contributed by atoms with Crippen LogP contribution in [0.4, 0.5) is 0 Å². The highest BCUT2D eigenvalue weighted by atomic mass is 16.5. The molecule has 0 saturated carbocycles. The van der Waals surface area contributed by atoms with Crippen LogP contribution >= 0.6 is 0 Å². The van der Waals surface area contributed by atoms with E-state index in [0.29, 0.717) is 6.01 Å². The van der Waals surface area contributed by atoms with E-state index in [0.717, 1.165) is 43.5 Å². The predicted molar refractivity (Wildman–Crippen MR) is 83.8 cm³/mol. The third-order valence-corrected chi connectivity index (χ3v) is 4.03. The highest BCUT2D eigenvalue weighted by Crippen LogP contribution is 2.26. The first-order valence-electron chi connectivity index (χ1n) is 8.25. The summed E-state index contributed by atoms with van der Waals surface area (Å²) < 4.78 is 13.7. The van der Waals surface area contributed by atoms with Gasteiger partial charge in [-0.1, -0.05) is 19.8 Å². The molecule has 1 aliphatic heterocycles. The molecule has 22 heavy (non-hydrogen) atoms. The van der Waals surface area contributed by atoms with Gasteiger partial charge in [-0.25, -0.2) is 9.97 Å². The zero-order chi connectivity index (χ0) is 15.4. The minimum atomic E-state index is 0.0269. The molecule has 1 fully saturated rings. The minimum absolute atomic E-state index is 0.0269. The molecular formula is C16H24N4O2. The smallest absolute Gasteiger partial charge is 0.318 e. The highest BCUT2D eigenvalue weighted by molar-refractivity contribution is 5.69. The van der Waals surface area contributed by atoms with E-state index in [1.54, 1.807) is 12.5 Å². The fourth-order valence-corrected chi connectivity index (χ4v) is 2.75. The number of hydrogen-bond acceptors (Lipinski definition) is 5. The van der Waals surface area contributed by atoms with Gasteiger partial charge in [0, 0.05) is 6.61 Å². The van der Waals surface area contributed by atoms with Gasteiger partial charge in [0.25, 0.3) is 0 Å². The second-order valence-corrected chi connectivity index (χ2v) is 5.91. The predicted octanol–water partition coefficient (Wildman–Crippen LogP) is 3.48. The fraction of sp³-hybridized carbons (Fsp3) is 0.688. The van der Waals surface area contributed by atoms with Gasteiger partial charge in [-0.15, -0.1) is 0 Å². The van der Waals surface area contributed by atoms with Crippen molar-refractivity contribution >= 4 is 11.2 Å². The molecule has 1 unspecified atom stereocenters. The molecule has 0 bridgehead atoms. The Morgan fingerprint density at radius 1 is 1.41 bits per heavy atom. The van der Waals surface area contributed by atoms with Gasteiger partial charge < -0.3 is 9.47 Å². The molecule has 0 radical (unpaired) electrons. The van der Waals surface area contributed by atoms with E-state index >= 15 is 0 Å². The summed E-state index contributed by atoms with van der Waals surface area (Å²) in [4.78, 5) is 13.2. The number of ether oxygens (including phenoxy) is 2. The minimum Gasteiger partial charge on any atom is -0.460 e. The van der Waals surface area contributed by atoms with Gasteiger partial charge in [-0.3, -0.25) is 4.57 Å². The molecule has 1 saturated heterocycles. The van der Waals surface area contributed by atoms with E-state index in [9.17, 15) is 0 Å². The Hall–Kier alpha value is -1.69. The first-order valence-corrected chi connectivity index (χ1v) is 8.25. The molecular weight excluding hydrogens is 280 g/mol. The number of fused-ring (bicyclic) bond motifs is 1. The lowest BCUT2D eigenvalue weighted by Crippen LogP contribution is -2.18. The van der Waals surface area contributed by atoms with Crippen LogP contribution in [0.15, 0.2) is 12.5 Å². The SMILES string of the molecule is CCCC[C@H](C)Oc1ncc2ncn(C3CCCCO3)c2n1. The van der Waals surface area contributed by atoms with Gasteiger partial charge in [-0.2, -0.15) is 4.98 Å². The van der Waals surface area contributed by atoms with Crippen LogP contribution in [0.1, 0.15) is 58.6 Å². The Kier molecular flexibility index (Phi) is 4.87. The van der Waals surface area contributed by atoms with E-state index in [1.165, 1.54) is 12.8 Å². The number of imidazole rings is 1. The van der Waals surface area contributed by atoms with Gasteiger partial charge in [-0.05, 0) is 32.6 Å². The summed E-state index contributed by atoms with van der Waals surface area (Å²) in [5.74, 6) is 0. The van der Waals surface area contributed by atoms with Gasteiger partial charge in [0.1, 0.15) is 11.7 Å². The number of unbranched alkanes of at least 4 members (excludes halogenated alkanes) is 1. The summed E-state index contributed by atoms with van der Waals surface area (Å²) in [5, 5.41) is 0. The first-order chi connectivity index (χ1) is 10.8. The Bertz CT molecular complexity index is 607. The van der Waals surface area contributed by atoms with Crippen molar-refractivity contribution in [3.8, 4) is 6.01 Å². The lowest BCUT2D eigenvalue weighted by molar-refractivity contribution is -0.0298. The topological polar surface area (TPSA) is 62.1 Å². The van der Waals surface area contributed by atoms with Gasteiger partial charge in [0.15, 0.2) is 5.65 Å². The third-order valence-electron chi connectivity index (χ3n) is 4.03. The van der Waals surface area contributed by atoms with Crippen LogP contribution in [-0.4, -0.2) is 32.2 Å². The molecule has 2 aromatic heterocycles. The monoisotopic (exact) mass is 304 g/mol. The van der Waals surface area contributed by atoms with Crippen LogP contribution in [-0.2, 0) is 4.74 Å². The van der Waals surface area contributed by atoms with Crippen molar-refractivity contribution in [1.82, 2.24) is 19.5 Å². The molecule has 0 aromatic carbocycles. The molecule has 3 rings (SSSR count). The standard InChI is InChI=1S/C16H24N4O2/c1-3-4-7-12(2)22-16-17-10-13-15(19-16)20(11-18-13)14-8-5-6-9-21-14/h10-12,14H,3-9H2,1-2H3/t12-,14?/m0/s1. The van der Waals surface area contributed by atoms with Gasteiger partial charge in [0.2, 0.25) is 0 Å². The Labute approximate surface area is 130 Å². The average molecular weight is 304 g/mol. The van der Waals surface area contributed by atoms with Crippen molar-refractivity contribution in [2.45, 2.75) is 64.7 Å². The molecule has 6 nitrogen and oxygen atoms in total. The zero-order valence-electron chi connectivity index (χ0n) is 13.4. The molecule has 2 atom stereocenters. The Morgan fingerprint density at radius 3 is 3.09 bits per heavy atom. The maximum absolute atomic E-state index is 5.83. The highest BCUT2D eigenvalue weighted by Gasteiger charge is 2.19. The maximum atomic E-state index is 5.83. The molecule has 0 N–H and O–H groups in total. The Morgan fingerprint density at radius 2 is 2.32 bits per heavy atom. The van der Waals surface area contributed by atoms with Crippen LogP contribution in [0, 0.1) is 0 Å². The molecule has 2 aromatic rings. The van der Waals surface area contributed by atoms with E-state index in [4.69, 9.17) is 9.47 Å². The van der Waals surface area contributed by atoms with Crippen molar-refractivity contribution < 1.29 is 9.47 Å². The summed E-state index contributed by atoms with van der Waals surface area (Å²) in [6.07, 6.45) is 10.3. The average Bonchev–Trinajstić information content (AvgIpc) is 2.97. The lowest BCUT2D eigenvalue weighted by atomic mass is 10.2. The van der Waals surface area contributed by atoms with Crippen molar-refractivity contribution in [3.05, 3.63) is 12.5 Å². The quantitative estimate of drug-likeness (QED) is 0.817. The third kappa shape index (κ3) is 3.38. The second kappa shape index (κ2) is 7.05. The zero-order valence-corrected chi connectivity index (χ0v) is 13.4. The van der Waals surface area contributed by atoms with E-state index in [-0.39, 0.29) is 12.3 Å². The van der Waals surface area contributed by atoms with Crippen molar-refractivity contribution in [1.29, 1.82) is 0 Å². The number of rotatable bonds is 6. The van der Waals surface area contributed by atoms with Crippen molar-refractivity contribution in [3.63, 3.8) is 0 Å². The second-order valence-electron chi connectivity index (χ2n) is 5.91. The van der Waals surface area contributed by atoms with E-state index in [1.807, 2.05) is 4.57 Å². The van der Waals surface area contributed by atoms with Crippen molar-refractivity contribution in [2.75, 3.05) is 6.61 Å². The molecule has 3 heterocycles. The molecule has 6 heteroatoms. The summed E-state index contributed by atoms with van der Waals surface area (Å²) in [5.41, 5.74) is 1.57. The van der Waals surface area contributed by atoms with Crippen LogP contribution in [0.2, 0.25) is 0 Å². The molecule has 1 aliphatic rings. The van der Waals surface area contributed by atoms with Crippen LogP contribution in [0.5, 0.6) is 6.01 Å². The fourth-order valence-electron chi connectivity index (χ4n) is 2.75. The number of hydrogen-bond donors (Lipinski definition) is 0. The molecule has 120 valence electrons. The summed E-state index contributed by atoms with van der Waals surface area (Å²) in [6.45, 7) is 5.04. The summed E-state index contributed by atoms with van der Waals surface area (Å²) in [6, 6.07) is 0.425. The summed E-state index contributed by atoms with van der Waals surface area (Å²) in [7, 11) is 0. The number of nitrogens with zero attached hydrogens (tertiary/aromatic N) is 4. The summed E-state index contributed by atoms with van der Waals surface area (Å²) >= 11 is 0. The lowest BCUT2D eigenvalue weighted by Gasteiger charge is -2.23. The van der Waals surface area contributed by atoms with Gasteiger partial charge >= 0.3 is 6.01 Å². The largest absolute Gasteiger partial charge is 0.460 e. The van der Waals surface area contributed by atoms with Crippen LogP contribution in [0.25, 0.3) is 11.2 Å². The van der Waals surface area contributed by atoms with Crippen molar-refractivity contribution in [2.24, 2.45) is 0 Å².